The second kappa shape index (κ2) is 7.68. The average molecular weight is 374 g/mol. The first kappa shape index (κ1) is 18.0. The Morgan fingerprint density at radius 1 is 1.11 bits per heavy atom. The molecule has 1 amide bonds. The fourth-order valence-corrected chi connectivity index (χ4v) is 3.24. The number of nitrogens with zero attached hydrogens (tertiary/aromatic N) is 3. The van der Waals surface area contributed by atoms with E-state index in [4.69, 9.17) is 4.74 Å². The predicted octanol–water partition coefficient (Wildman–Crippen LogP) is 4.21. The largest absolute Gasteiger partial charge is 0.491 e. The van der Waals surface area contributed by atoms with Gasteiger partial charge in [-0.2, -0.15) is 0 Å². The Kier molecular flexibility index (Phi) is 4.93. The first-order valence-corrected chi connectivity index (χ1v) is 9.37. The molecule has 142 valence electrons. The number of anilines is 3. The number of ether oxygens (including phenoxy) is 1. The highest BCUT2D eigenvalue weighted by Crippen LogP contribution is 2.28. The summed E-state index contributed by atoms with van der Waals surface area (Å²) >= 11 is 0. The molecule has 0 fully saturated rings. The summed E-state index contributed by atoms with van der Waals surface area (Å²) in [4.78, 5) is 23.4. The number of carbonyl (C=O) groups excluding carboxylic acids is 1. The molecule has 6 nitrogen and oxygen atoms in total. The molecular formula is C22H22N4O2. The van der Waals surface area contributed by atoms with Gasteiger partial charge in [0.15, 0.2) is 0 Å². The molecule has 28 heavy (non-hydrogen) atoms. The molecule has 1 aliphatic rings. The van der Waals surface area contributed by atoms with Crippen LogP contribution < -0.4 is 15.0 Å². The summed E-state index contributed by atoms with van der Waals surface area (Å²) in [6.07, 6.45) is 2.59. The van der Waals surface area contributed by atoms with Crippen LogP contribution in [0, 0.1) is 0 Å². The Morgan fingerprint density at radius 2 is 1.89 bits per heavy atom. The van der Waals surface area contributed by atoms with Gasteiger partial charge >= 0.3 is 0 Å². The maximum absolute atomic E-state index is 13.0. The minimum atomic E-state index is -0.115. The second-order valence-electron chi connectivity index (χ2n) is 6.92. The van der Waals surface area contributed by atoms with Gasteiger partial charge < -0.3 is 15.0 Å². The topological polar surface area (TPSA) is 67.3 Å². The fourth-order valence-electron chi connectivity index (χ4n) is 3.24. The lowest BCUT2D eigenvalue weighted by molar-refractivity contribution is 0.0984. The van der Waals surface area contributed by atoms with E-state index in [2.05, 4.69) is 21.4 Å². The van der Waals surface area contributed by atoms with Crippen molar-refractivity contribution in [2.45, 2.75) is 26.4 Å². The van der Waals surface area contributed by atoms with Crippen LogP contribution in [0.25, 0.3) is 0 Å². The van der Waals surface area contributed by atoms with Crippen molar-refractivity contribution in [1.82, 2.24) is 9.97 Å². The lowest BCUT2D eigenvalue weighted by Gasteiger charge is -2.17. The van der Waals surface area contributed by atoms with Crippen LogP contribution in [0.2, 0.25) is 0 Å². The van der Waals surface area contributed by atoms with E-state index in [0.717, 1.165) is 23.5 Å². The number of nitrogens with one attached hydrogen (secondary N) is 1. The van der Waals surface area contributed by atoms with E-state index < -0.39 is 0 Å². The Morgan fingerprint density at radius 3 is 2.68 bits per heavy atom. The van der Waals surface area contributed by atoms with Gasteiger partial charge in [-0.3, -0.25) is 4.79 Å². The zero-order valence-corrected chi connectivity index (χ0v) is 15.9. The number of hydrogen-bond acceptors (Lipinski definition) is 5. The third-order valence-corrected chi connectivity index (χ3v) is 4.49. The summed E-state index contributed by atoms with van der Waals surface area (Å²) in [6, 6.07) is 17.2. The summed E-state index contributed by atoms with van der Waals surface area (Å²) in [5.41, 5.74) is 3.34. The number of benzene rings is 2. The third kappa shape index (κ3) is 3.81. The molecule has 0 aliphatic carbocycles. The summed E-state index contributed by atoms with van der Waals surface area (Å²) in [5.74, 6) is 1.07. The fraction of sp³-hybridized carbons (Fsp3) is 0.227. The SMILES string of the molecule is CC(C)Oc1ccc(Nc2nccc(C(=O)N3CCc4ccccc43)n2)cc1. The van der Waals surface area contributed by atoms with E-state index in [9.17, 15) is 4.79 Å². The normalized spacial score (nSPS) is 12.8. The molecule has 0 spiro atoms. The Hall–Kier alpha value is -3.41. The maximum atomic E-state index is 13.0. The number of fused-ring (bicyclic) bond motifs is 1. The second-order valence-corrected chi connectivity index (χ2v) is 6.92. The molecule has 1 aromatic heterocycles. The Balaban J connectivity index is 1.50. The zero-order valence-electron chi connectivity index (χ0n) is 15.9. The van der Waals surface area contributed by atoms with Crippen LogP contribution >= 0.6 is 0 Å². The summed E-state index contributed by atoms with van der Waals surface area (Å²) < 4.78 is 5.65. The summed E-state index contributed by atoms with van der Waals surface area (Å²) in [5, 5.41) is 3.14. The van der Waals surface area contributed by atoms with Crippen LogP contribution in [-0.4, -0.2) is 28.5 Å². The molecule has 0 unspecified atom stereocenters. The van der Waals surface area contributed by atoms with Crippen molar-refractivity contribution in [2.75, 3.05) is 16.8 Å². The standard InChI is InChI=1S/C22H22N4O2/c1-15(2)28-18-9-7-17(8-10-18)24-22-23-13-11-19(25-22)21(27)26-14-12-16-5-3-4-6-20(16)26/h3-11,13,15H,12,14H2,1-2H3,(H,23,24,25). The van der Waals surface area contributed by atoms with Crippen LogP contribution in [0.1, 0.15) is 29.9 Å². The van der Waals surface area contributed by atoms with E-state index in [0.29, 0.717) is 18.2 Å². The molecule has 4 rings (SSSR count). The maximum Gasteiger partial charge on any atom is 0.277 e. The van der Waals surface area contributed by atoms with Gasteiger partial charge in [0, 0.05) is 24.1 Å². The Bertz CT molecular complexity index is 986. The lowest BCUT2D eigenvalue weighted by Crippen LogP contribution is -2.29. The predicted molar refractivity (Wildman–Crippen MR) is 109 cm³/mol. The highest BCUT2D eigenvalue weighted by Gasteiger charge is 2.26. The number of hydrogen-bond donors (Lipinski definition) is 1. The van der Waals surface area contributed by atoms with Crippen molar-refractivity contribution < 1.29 is 9.53 Å². The van der Waals surface area contributed by atoms with Crippen molar-refractivity contribution in [1.29, 1.82) is 0 Å². The average Bonchev–Trinajstić information content (AvgIpc) is 3.13. The number of rotatable bonds is 5. The monoisotopic (exact) mass is 374 g/mol. The molecule has 0 radical (unpaired) electrons. The van der Waals surface area contributed by atoms with Crippen LogP contribution in [0.3, 0.4) is 0 Å². The minimum Gasteiger partial charge on any atom is -0.491 e. The van der Waals surface area contributed by atoms with E-state index in [1.165, 1.54) is 5.56 Å². The first-order chi connectivity index (χ1) is 13.6. The van der Waals surface area contributed by atoms with Gasteiger partial charge in [0.25, 0.3) is 5.91 Å². The number of carbonyl (C=O) groups is 1. The third-order valence-electron chi connectivity index (χ3n) is 4.49. The van der Waals surface area contributed by atoms with Gasteiger partial charge in [-0.25, -0.2) is 9.97 Å². The van der Waals surface area contributed by atoms with E-state index in [1.807, 2.05) is 56.3 Å². The molecule has 3 aromatic rings. The van der Waals surface area contributed by atoms with E-state index in [-0.39, 0.29) is 12.0 Å². The molecule has 0 saturated carbocycles. The summed E-state index contributed by atoms with van der Waals surface area (Å²) in [7, 11) is 0. The molecule has 2 aromatic carbocycles. The van der Waals surface area contributed by atoms with Gasteiger partial charge in [0.05, 0.1) is 6.10 Å². The van der Waals surface area contributed by atoms with Gasteiger partial charge in [-0.15, -0.1) is 0 Å². The quantitative estimate of drug-likeness (QED) is 0.725. The molecule has 1 aliphatic heterocycles. The van der Waals surface area contributed by atoms with Gasteiger partial charge in [0.1, 0.15) is 11.4 Å². The van der Waals surface area contributed by atoms with Crippen LogP contribution in [0.5, 0.6) is 5.75 Å². The van der Waals surface area contributed by atoms with Gasteiger partial charge in [0.2, 0.25) is 5.95 Å². The molecule has 6 heteroatoms. The van der Waals surface area contributed by atoms with Crippen LogP contribution in [-0.2, 0) is 6.42 Å². The van der Waals surface area contributed by atoms with Gasteiger partial charge in [-0.1, -0.05) is 18.2 Å². The zero-order chi connectivity index (χ0) is 19.5. The molecule has 2 heterocycles. The minimum absolute atomic E-state index is 0.115. The number of aromatic nitrogens is 2. The molecule has 0 atom stereocenters. The highest BCUT2D eigenvalue weighted by atomic mass is 16.5. The van der Waals surface area contributed by atoms with E-state index >= 15 is 0 Å². The Labute approximate surface area is 164 Å². The number of amides is 1. The van der Waals surface area contributed by atoms with Gasteiger partial charge in [-0.05, 0) is 62.2 Å². The van der Waals surface area contributed by atoms with E-state index in [1.54, 1.807) is 17.2 Å². The van der Waals surface area contributed by atoms with Crippen LogP contribution in [0.4, 0.5) is 17.3 Å². The smallest absolute Gasteiger partial charge is 0.277 e. The van der Waals surface area contributed by atoms with Crippen molar-refractivity contribution in [3.05, 3.63) is 72.1 Å². The van der Waals surface area contributed by atoms with Crippen LogP contribution in [0.15, 0.2) is 60.8 Å². The molecule has 0 saturated heterocycles. The molecule has 0 bridgehead atoms. The highest BCUT2D eigenvalue weighted by molar-refractivity contribution is 6.06. The number of para-hydroxylation sites is 1. The van der Waals surface area contributed by atoms with Crippen molar-refractivity contribution in [3.63, 3.8) is 0 Å². The van der Waals surface area contributed by atoms with Crippen molar-refractivity contribution in [3.8, 4) is 5.75 Å². The van der Waals surface area contributed by atoms with Crippen molar-refractivity contribution >= 4 is 23.2 Å². The van der Waals surface area contributed by atoms with Crippen molar-refractivity contribution in [2.24, 2.45) is 0 Å². The lowest BCUT2D eigenvalue weighted by atomic mass is 10.2. The molecule has 1 N–H and O–H groups in total. The summed E-state index contributed by atoms with van der Waals surface area (Å²) in [6.45, 7) is 4.64. The first-order valence-electron chi connectivity index (χ1n) is 9.37. The molecular weight excluding hydrogens is 352 g/mol.